The van der Waals surface area contributed by atoms with Crippen molar-refractivity contribution in [3.8, 4) is 11.4 Å². The molecule has 28 heavy (non-hydrogen) atoms. The van der Waals surface area contributed by atoms with Gasteiger partial charge in [-0.15, -0.1) is 16.8 Å². The fourth-order valence-corrected chi connectivity index (χ4v) is 3.88. The number of hydrogen-bond acceptors (Lipinski definition) is 4. The summed E-state index contributed by atoms with van der Waals surface area (Å²) in [4.78, 5) is 12.3. The summed E-state index contributed by atoms with van der Waals surface area (Å²) in [6.45, 7) is 6.23. The lowest BCUT2D eigenvalue weighted by atomic mass is 10.2. The number of nitrogens with zero attached hydrogens (tertiary/aromatic N) is 3. The standard InChI is InChI=1S/C20H18BrFN4OS/c1-3-10-26-19(14-5-7-15(22)8-6-14)24-25-20(26)28-12-18(27)23-17-9-4-13(2)11-16(17)21/h3-9,11H,1,10,12H2,2H3,(H,23,27). The molecule has 0 spiro atoms. The number of thioether (sulfide) groups is 1. The van der Waals surface area contributed by atoms with Gasteiger partial charge in [-0.25, -0.2) is 4.39 Å². The van der Waals surface area contributed by atoms with Crippen LogP contribution in [0.25, 0.3) is 11.4 Å². The maximum atomic E-state index is 13.2. The van der Waals surface area contributed by atoms with E-state index in [0.717, 1.165) is 21.3 Å². The molecule has 1 amide bonds. The first-order valence-corrected chi connectivity index (χ1v) is 10.2. The van der Waals surface area contributed by atoms with Crippen LogP contribution in [0.1, 0.15) is 5.56 Å². The Bertz CT molecular complexity index is 1000. The summed E-state index contributed by atoms with van der Waals surface area (Å²) >= 11 is 4.73. The van der Waals surface area contributed by atoms with E-state index in [9.17, 15) is 9.18 Å². The molecule has 3 rings (SSSR count). The highest BCUT2D eigenvalue weighted by Gasteiger charge is 2.15. The van der Waals surface area contributed by atoms with Crippen LogP contribution in [-0.2, 0) is 11.3 Å². The second kappa shape index (κ2) is 9.16. The van der Waals surface area contributed by atoms with Gasteiger partial charge in [0.2, 0.25) is 5.91 Å². The summed E-state index contributed by atoms with van der Waals surface area (Å²) in [5.74, 6) is 0.320. The first kappa shape index (κ1) is 20.3. The molecule has 0 fully saturated rings. The van der Waals surface area contributed by atoms with Crippen LogP contribution in [0.3, 0.4) is 0 Å². The molecule has 1 N–H and O–H groups in total. The lowest BCUT2D eigenvalue weighted by molar-refractivity contribution is -0.113. The lowest BCUT2D eigenvalue weighted by Gasteiger charge is -2.09. The number of nitrogens with one attached hydrogen (secondary N) is 1. The van der Waals surface area contributed by atoms with E-state index in [-0.39, 0.29) is 17.5 Å². The molecule has 8 heteroatoms. The third kappa shape index (κ3) is 4.88. The molecule has 144 valence electrons. The number of anilines is 1. The molecule has 0 aliphatic rings. The van der Waals surface area contributed by atoms with Gasteiger partial charge in [0, 0.05) is 16.6 Å². The first-order chi connectivity index (χ1) is 13.5. The number of carbonyl (C=O) groups excluding carboxylic acids is 1. The largest absolute Gasteiger partial charge is 0.324 e. The smallest absolute Gasteiger partial charge is 0.234 e. The summed E-state index contributed by atoms with van der Waals surface area (Å²) < 4.78 is 15.9. The molecule has 0 radical (unpaired) electrons. The van der Waals surface area contributed by atoms with Gasteiger partial charge in [-0.2, -0.15) is 0 Å². The van der Waals surface area contributed by atoms with E-state index in [4.69, 9.17) is 0 Å². The van der Waals surface area contributed by atoms with Crippen molar-refractivity contribution in [2.24, 2.45) is 0 Å². The molecule has 0 atom stereocenters. The van der Waals surface area contributed by atoms with E-state index >= 15 is 0 Å². The molecule has 0 bridgehead atoms. The minimum Gasteiger partial charge on any atom is -0.324 e. The van der Waals surface area contributed by atoms with Gasteiger partial charge >= 0.3 is 0 Å². The maximum Gasteiger partial charge on any atom is 0.234 e. The third-order valence-electron chi connectivity index (χ3n) is 3.86. The molecule has 0 saturated heterocycles. The van der Waals surface area contributed by atoms with Crippen LogP contribution >= 0.6 is 27.7 Å². The van der Waals surface area contributed by atoms with E-state index in [1.807, 2.05) is 29.7 Å². The molecule has 5 nitrogen and oxygen atoms in total. The second-order valence-electron chi connectivity index (χ2n) is 6.03. The Hall–Kier alpha value is -2.45. The van der Waals surface area contributed by atoms with Gasteiger partial charge in [0.15, 0.2) is 11.0 Å². The number of benzene rings is 2. The quantitative estimate of drug-likeness (QED) is 0.394. The molecule has 0 unspecified atom stereocenters. The summed E-state index contributed by atoms with van der Waals surface area (Å²) in [7, 11) is 0. The molecule has 1 aromatic heterocycles. The monoisotopic (exact) mass is 460 g/mol. The van der Waals surface area contributed by atoms with Crippen molar-refractivity contribution in [1.29, 1.82) is 0 Å². The highest BCUT2D eigenvalue weighted by Crippen LogP contribution is 2.26. The van der Waals surface area contributed by atoms with Crippen molar-refractivity contribution >= 4 is 39.3 Å². The van der Waals surface area contributed by atoms with E-state index in [0.29, 0.717) is 17.5 Å². The Kier molecular flexibility index (Phi) is 6.64. The van der Waals surface area contributed by atoms with Crippen molar-refractivity contribution in [3.63, 3.8) is 0 Å². The first-order valence-electron chi connectivity index (χ1n) is 8.46. The zero-order valence-corrected chi connectivity index (χ0v) is 17.6. The molecule has 2 aromatic carbocycles. The van der Waals surface area contributed by atoms with E-state index in [2.05, 4.69) is 38.0 Å². The molecule has 0 saturated carbocycles. The van der Waals surface area contributed by atoms with Gasteiger partial charge in [-0.3, -0.25) is 9.36 Å². The van der Waals surface area contributed by atoms with Crippen LogP contribution in [0.5, 0.6) is 0 Å². The number of aryl methyl sites for hydroxylation is 1. The van der Waals surface area contributed by atoms with Gasteiger partial charge < -0.3 is 5.32 Å². The second-order valence-corrected chi connectivity index (χ2v) is 7.83. The molecule has 3 aromatic rings. The van der Waals surface area contributed by atoms with Crippen LogP contribution < -0.4 is 5.32 Å². The molecule has 0 aliphatic heterocycles. The number of halogens is 2. The Morgan fingerprint density at radius 1 is 1.29 bits per heavy atom. The Labute approximate surface area is 175 Å². The average molecular weight is 461 g/mol. The highest BCUT2D eigenvalue weighted by atomic mass is 79.9. The third-order valence-corrected chi connectivity index (χ3v) is 5.48. The number of allylic oxidation sites excluding steroid dienone is 1. The summed E-state index contributed by atoms with van der Waals surface area (Å²) in [5, 5.41) is 11.9. The fraction of sp³-hybridized carbons (Fsp3) is 0.150. The van der Waals surface area contributed by atoms with Crippen molar-refractivity contribution in [3.05, 3.63) is 71.0 Å². The van der Waals surface area contributed by atoms with Crippen molar-refractivity contribution < 1.29 is 9.18 Å². The Morgan fingerprint density at radius 3 is 2.71 bits per heavy atom. The van der Waals surface area contributed by atoms with Crippen LogP contribution in [0, 0.1) is 12.7 Å². The van der Waals surface area contributed by atoms with E-state index < -0.39 is 0 Å². The number of hydrogen-bond donors (Lipinski definition) is 1. The van der Waals surface area contributed by atoms with Crippen molar-refractivity contribution in [2.45, 2.75) is 18.6 Å². The summed E-state index contributed by atoms with van der Waals surface area (Å²) in [6, 6.07) is 11.8. The molecule has 1 heterocycles. The zero-order chi connectivity index (χ0) is 20.1. The Balaban J connectivity index is 1.72. The fourth-order valence-electron chi connectivity index (χ4n) is 2.54. The molecule has 0 aliphatic carbocycles. The maximum absolute atomic E-state index is 13.2. The van der Waals surface area contributed by atoms with Crippen LogP contribution in [0.4, 0.5) is 10.1 Å². The van der Waals surface area contributed by atoms with Gasteiger partial charge in [-0.05, 0) is 64.8 Å². The van der Waals surface area contributed by atoms with E-state index in [1.54, 1.807) is 18.2 Å². The summed E-state index contributed by atoms with van der Waals surface area (Å²) in [6.07, 6.45) is 1.73. The minimum absolute atomic E-state index is 0.147. The van der Waals surface area contributed by atoms with Gasteiger partial charge in [0.1, 0.15) is 5.82 Å². The predicted octanol–water partition coefficient (Wildman–Crippen LogP) is 5.07. The van der Waals surface area contributed by atoms with Gasteiger partial charge in [0.05, 0.1) is 11.4 Å². The van der Waals surface area contributed by atoms with Crippen molar-refractivity contribution in [2.75, 3.05) is 11.1 Å². The molecular weight excluding hydrogens is 443 g/mol. The number of carbonyl (C=O) groups is 1. The van der Waals surface area contributed by atoms with E-state index in [1.165, 1.54) is 23.9 Å². The van der Waals surface area contributed by atoms with Crippen molar-refractivity contribution in [1.82, 2.24) is 14.8 Å². The minimum atomic E-state index is -0.313. The predicted molar refractivity (Wildman–Crippen MR) is 114 cm³/mol. The highest BCUT2D eigenvalue weighted by molar-refractivity contribution is 9.10. The summed E-state index contributed by atoms with van der Waals surface area (Å²) in [5.41, 5.74) is 2.57. The van der Waals surface area contributed by atoms with Crippen LogP contribution in [0.15, 0.2) is 64.7 Å². The number of rotatable bonds is 7. The van der Waals surface area contributed by atoms with Crippen LogP contribution in [-0.4, -0.2) is 26.4 Å². The molecular formula is C20H18BrFN4OS. The van der Waals surface area contributed by atoms with Gasteiger partial charge in [0.25, 0.3) is 0 Å². The average Bonchev–Trinajstić information content (AvgIpc) is 3.06. The van der Waals surface area contributed by atoms with Crippen LogP contribution in [0.2, 0.25) is 0 Å². The zero-order valence-electron chi connectivity index (χ0n) is 15.2. The number of amides is 1. The number of aromatic nitrogens is 3. The lowest BCUT2D eigenvalue weighted by Crippen LogP contribution is -2.15. The SMILES string of the molecule is C=CCn1c(SCC(=O)Nc2ccc(C)cc2Br)nnc1-c1ccc(F)cc1. The Morgan fingerprint density at radius 2 is 2.04 bits per heavy atom. The topological polar surface area (TPSA) is 59.8 Å². The normalized spacial score (nSPS) is 10.7. The van der Waals surface area contributed by atoms with Gasteiger partial charge in [-0.1, -0.05) is 23.9 Å².